The van der Waals surface area contributed by atoms with Crippen molar-refractivity contribution in [2.75, 3.05) is 13.6 Å². The van der Waals surface area contributed by atoms with Crippen LogP contribution in [0.5, 0.6) is 0 Å². The first kappa shape index (κ1) is 12.7. The van der Waals surface area contributed by atoms with Gasteiger partial charge in [-0.1, -0.05) is 25.1 Å². The molecule has 3 rings (SSSR count). The van der Waals surface area contributed by atoms with E-state index < -0.39 is 0 Å². The minimum Gasteiger partial charge on any atom is -0.319 e. The molecule has 1 heterocycles. The Morgan fingerprint density at radius 1 is 1.37 bits per heavy atom. The highest BCUT2D eigenvalue weighted by Crippen LogP contribution is 2.47. The van der Waals surface area contributed by atoms with E-state index >= 15 is 0 Å². The van der Waals surface area contributed by atoms with Crippen LogP contribution < -0.4 is 5.32 Å². The van der Waals surface area contributed by atoms with Crippen molar-refractivity contribution in [3.05, 3.63) is 30.0 Å². The van der Waals surface area contributed by atoms with Crippen LogP contribution in [-0.4, -0.2) is 23.4 Å². The van der Waals surface area contributed by atoms with Crippen LogP contribution in [0.1, 0.15) is 25.5 Å². The van der Waals surface area contributed by atoms with Gasteiger partial charge in [0.05, 0.1) is 11.2 Å². The molecule has 0 bridgehead atoms. The van der Waals surface area contributed by atoms with E-state index in [1.165, 1.54) is 29.4 Å². The molecule has 1 saturated carbocycles. The lowest BCUT2D eigenvalue weighted by Gasteiger charge is -2.29. The Bertz CT molecular complexity index is 583. The molecule has 102 valence electrons. The Labute approximate surface area is 115 Å². The summed E-state index contributed by atoms with van der Waals surface area (Å²) >= 11 is 0. The fourth-order valence-corrected chi connectivity index (χ4v) is 3.34. The molecule has 1 aromatic carbocycles. The number of hydrogen-bond donors (Lipinski definition) is 1. The van der Waals surface area contributed by atoms with E-state index in [0.717, 1.165) is 18.9 Å². The van der Waals surface area contributed by atoms with Gasteiger partial charge in [0.1, 0.15) is 0 Å². The molecule has 0 amide bonds. The number of aromatic nitrogens is 2. The minimum absolute atomic E-state index is 0.339. The summed E-state index contributed by atoms with van der Waals surface area (Å²) in [6.07, 6.45) is 3.83. The molecule has 1 atom stereocenters. The van der Waals surface area contributed by atoms with Gasteiger partial charge in [-0.2, -0.15) is 5.10 Å². The lowest BCUT2D eigenvalue weighted by atomic mass is 9.80. The molecule has 3 heteroatoms. The number of rotatable bonds is 5. The maximum Gasteiger partial charge on any atom is 0.0709 e. The highest BCUT2D eigenvalue weighted by molar-refractivity contribution is 5.81. The molecule has 1 aromatic heterocycles. The molecule has 0 saturated heterocycles. The van der Waals surface area contributed by atoms with Crippen molar-refractivity contribution >= 4 is 10.9 Å². The minimum atomic E-state index is 0.339. The fourth-order valence-electron chi connectivity index (χ4n) is 3.34. The maximum absolute atomic E-state index is 4.76. The number of fused-ring (bicyclic) bond motifs is 1. The van der Waals surface area contributed by atoms with Gasteiger partial charge >= 0.3 is 0 Å². The summed E-state index contributed by atoms with van der Waals surface area (Å²) in [6, 6.07) is 8.55. The molecule has 0 aliphatic heterocycles. The van der Waals surface area contributed by atoms with Crippen molar-refractivity contribution in [3.8, 4) is 0 Å². The van der Waals surface area contributed by atoms with E-state index in [2.05, 4.69) is 43.6 Å². The van der Waals surface area contributed by atoms with Gasteiger partial charge in [-0.3, -0.25) is 4.68 Å². The van der Waals surface area contributed by atoms with Gasteiger partial charge in [-0.15, -0.1) is 0 Å². The molecule has 1 unspecified atom stereocenters. The van der Waals surface area contributed by atoms with Crippen LogP contribution in [0.2, 0.25) is 0 Å². The molecule has 1 fully saturated rings. The molecule has 19 heavy (non-hydrogen) atoms. The largest absolute Gasteiger partial charge is 0.319 e. The topological polar surface area (TPSA) is 29.9 Å². The number of hydrogen-bond acceptors (Lipinski definition) is 2. The van der Waals surface area contributed by atoms with E-state index in [4.69, 9.17) is 5.10 Å². The Morgan fingerprint density at radius 3 is 2.79 bits per heavy atom. The third-order valence-corrected chi connectivity index (χ3v) is 4.55. The van der Waals surface area contributed by atoms with Crippen molar-refractivity contribution in [3.63, 3.8) is 0 Å². The summed E-state index contributed by atoms with van der Waals surface area (Å²) < 4.78 is 2.01. The van der Waals surface area contributed by atoms with E-state index in [9.17, 15) is 0 Å². The summed E-state index contributed by atoms with van der Waals surface area (Å²) in [5.41, 5.74) is 2.83. The van der Waals surface area contributed by atoms with Gasteiger partial charge in [0.15, 0.2) is 0 Å². The second kappa shape index (κ2) is 4.64. The first-order chi connectivity index (χ1) is 9.14. The van der Waals surface area contributed by atoms with Gasteiger partial charge in [0, 0.05) is 19.0 Å². The molecule has 1 aliphatic carbocycles. The summed E-state index contributed by atoms with van der Waals surface area (Å²) in [5, 5.41) is 9.44. The molecule has 1 N–H and O–H groups in total. The predicted octanol–water partition coefficient (Wildman–Crippen LogP) is 2.75. The number of aryl methyl sites for hydroxylation is 1. The highest BCUT2D eigenvalue weighted by atomic mass is 15.3. The lowest BCUT2D eigenvalue weighted by Crippen LogP contribution is -2.34. The average molecular weight is 257 g/mol. The zero-order valence-electron chi connectivity index (χ0n) is 12.1. The number of nitrogens with one attached hydrogen (secondary N) is 1. The van der Waals surface area contributed by atoms with Crippen LogP contribution >= 0.6 is 0 Å². The quantitative estimate of drug-likeness (QED) is 0.892. The fraction of sp³-hybridized carbons (Fsp3) is 0.562. The number of benzene rings is 1. The van der Waals surface area contributed by atoms with Crippen molar-refractivity contribution in [1.29, 1.82) is 0 Å². The van der Waals surface area contributed by atoms with Crippen molar-refractivity contribution in [2.45, 2.75) is 26.2 Å². The molecule has 0 spiro atoms. The third kappa shape index (κ3) is 2.27. The van der Waals surface area contributed by atoms with Crippen LogP contribution in [0.15, 0.2) is 24.3 Å². The van der Waals surface area contributed by atoms with Gasteiger partial charge < -0.3 is 5.32 Å². The van der Waals surface area contributed by atoms with Gasteiger partial charge in [0.2, 0.25) is 0 Å². The molecule has 0 radical (unpaired) electrons. The van der Waals surface area contributed by atoms with E-state index in [-0.39, 0.29) is 0 Å². The zero-order valence-corrected chi connectivity index (χ0v) is 12.1. The van der Waals surface area contributed by atoms with Gasteiger partial charge in [-0.25, -0.2) is 0 Å². The van der Waals surface area contributed by atoms with E-state index in [1.54, 1.807) is 0 Å². The third-order valence-electron chi connectivity index (χ3n) is 4.55. The summed E-state index contributed by atoms with van der Waals surface area (Å²) in [4.78, 5) is 0. The average Bonchev–Trinajstić information content (AvgIpc) is 3.19. The lowest BCUT2D eigenvalue weighted by molar-refractivity contribution is 0.260. The molecule has 1 aliphatic rings. The SMILES string of the molecule is CNCC(C)(Cc1nn(C)c2ccccc12)C1CC1. The Hall–Kier alpha value is -1.35. The Balaban J connectivity index is 1.96. The van der Waals surface area contributed by atoms with Gasteiger partial charge in [0.25, 0.3) is 0 Å². The zero-order chi connectivity index (χ0) is 13.5. The predicted molar refractivity (Wildman–Crippen MR) is 79.2 cm³/mol. The van der Waals surface area contributed by atoms with Gasteiger partial charge in [-0.05, 0) is 43.7 Å². The first-order valence-electron chi connectivity index (χ1n) is 7.19. The van der Waals surface area contributed by atoms with Crippen LogP contribution in [0.4, 0.5) is 0 Å². The normalized spacial score (nSPS) is 18.7. The highest BCUT2D eigenvalue weighted by Gasteiger charge is 2.41. The standard InChI is InChI=1S/C16H23N3/c1-16(11-17-2,12-8-9-12)10-14-13-6-4-5-7-15(13)19(3)18-14/h4-7,12,17H,8-11H2,1-3H3. The monoisotopic (exact) mass is 257 g/mol. The molecule has 2 aromatic rings. The van der Waals surface area contributed by atoms with Crippen molar-refractivity contribution in [2.24, 2.45) is 18.4 Å². The summed E-state index contributed by atoms with van der Waals surface area (Å²) in [7, 11) is 4.09. The number of para-hydroxylation sites is 1. The summed E-state index contributed by atoms with van der Waals surface area (Å²) in [6.45, 7) is 3.48. The van der Waals surface area contributed by atoms with Crippen molar-refractivity contribution < 1.29 is 0 Å². The Morgan fingerprint density at radius 2 is 2.11 bits per heavy atom. The van der Waals surface area contributed by atoms with E-state index in [1.807, 2.05) is 11.7 Å². The Kier molecular flexibility index (Phi) is 3.09. The molecular formula is C16H23N3. The van der Waals surface area contributed by atoms with Crippen molar-refractivity contribution in [1.82, 2.24) is 15.1 Å². The van der Waals surface area contributed by atoms with E-state index in [0.29, 0.717) is 5.41 Å². The second-order valence-electron chi connectivity index (χ2n) is 6.22. The second-order valence-corrected chi connectivity index (χ2v) is 6.22. The van der Waals surface area contributed by atoms with Crippen LogP contribution in [0, 0.1) is 11.3 Å². The van der Waals surface area contributed by atoms with Crippen LogP contribution in [0.3, 0.4) is 0 Å². The first-order valence-corrected chi connectivity index (χ1v) is 7.19. The summed E-state index contributed by atoms with van der Waals surface area (Å²) in [5.74, 6) is 0.862. The molecule has 3 nitrogen and oxygen atoms in total. The smallest absolute Gasteiger partial charge is 0.0709 e. The van der Waals surface area contributed by atoms with Crippen LogP contribution in [0.25, 0.3) is 10.9 Å². The van der Waals surface area contributed by atoms with Crippen LogP contribution in [-0.2, 0) is 13.5 Å². The number of nitrogens with zero attached hydrogens (tertiary/aromatic N) is 2. The molecular weight excluding hydrogens is 234 g/mol. The maximum atomic E-state index is 4.76.